The maximum atomic E-state index is 12.6. The number of nitrogens with two attached hydrogens (primary N) is 1. The third kappa shape index (κ3) is 2.45. The van der Waals surface area contributed by atoms with Crippen molar-refractivity contribution >= 4 is 5.97 Å². The fraction of sp³-hybridized carbons (Fsp3) is 0.235. The molecule has 2 rings (SSSR count). The van der Waals surface area contributed by atoms with E-state index in [0.29, 0.717) is 6.61 Å². The van der Waals surface area contributed by atoms with Crippen molar-refractivity contribution in [3.8, 4) is 0 Å². The van der Waals surface area contributed by atoms with Gasteiger partial charge in [0.15, 0.2) is 0 Å². The summed E-state index contributed by atoms with van der Waals surface area (Å²) in [5.41, 5.74) is 6.76. The highest BCUT2D eigenvalue weighted by Gasteiger charge is 2.42. The van der Waals surface area contributed by atoms with Crippen LogP contribution >= 0.6 is 0 Å². The van der Waals surface area contributed by atoms with Gasteiger partial charge in [-0.25, -0.2) is 0 Å². The van der Waals surface area contributed by atoms with Crippen molar-refractivity contribution in [1.29, 1.82) is 0 Å². The van der Waals surface area contributed by atoms with Gasteiger partial charge in [0.05, 0.1) is 6.61 Å². The molecule has 20 heavy (non-hydrogen) atoms. The Labute approximate surface area is 119 Å². The number of hydrogen-bond acceptors (Lipinski definition) is 3. The van der Waals surface area contributed by atoms with E-state index in [1.807, 2.05) is 60.7 Å². The van der Waals surface area contributed by atoms with Crippen LogP contribution in [-0.2, 0) is 14.9 Å². The molecule has 0 atom stereocenters. The average Bonchev–Trinajstić information content (AvgIpc) is 2.51. The second-order valence-corrected chi connectivity index (χ2v) is 4.56. The van der Waals surface area contributed by atoms with Gasteiger partial charge in [0, 0.05) is 6.54 Å². The van der Waals surface area contributed by atoms with Crippen LogP contribution in [0.1, 0.15) is 18.1 Å². The van der Waals surface area contributed by atoms with Crippen molar-refractivity contribution in [2.24, 2.45) is 5.73 Å². The lowest BCUT2D eigenvalue weighted by atomic mass is 9.74. The normalized spacial score (nSPS) is 11.1. The SMILES string of the molecule is CCOC(=O)C(CN)(c1ccccc1)c1ccccc1. The molecule has 0 aromatic heterocycles. The van der Waals surface area contributed by atoms with Gasteiger partial charge in [-0.3, -0.25) is 4.79 Å². The van der Waals surface area contributed by atoms with Gasteiger partial charge in [0.2, 0.25) is 0 Å². The van der Waals surface area contributed by atoms with Gasteiger partial charge < -0.3 is 10.5 Å². The third-order valence-corrected chi connectivity index (χ3v) is 3.46. The van der Waals surface area contributed by atoms with Gasteiger partial charge in [-0.2, -0.15) is 0 Å². The minimum atomic E-state index is -0.946. The van der Waals surface area contributed by atoms with E-state index >= 15 is 0 Å². The number of benzene rings is 2. The monoisotopic (exact) mass is 269 g/mol. The van der Waals surface area contributed by atoms with E-state index in [4.69, 9.17) is 10.5 Å². The number of rotatable bonds is 5. The molecule has 0 aliphatic rings. The van der Waals surface area contributed by atoms with Crippen LogP contribution in [0.25, 0.3) is 0 Å². The Morgan fingerprint density at radius 2 is 1.45 bits per heavy atom. The van der Waals surface area contributed by atoms with Crippen LogP contribution in [0.3, 0.4) is 0 Å². The maximum absolute atomic E-state index is 12.6. The van der Waals surface area contributed by atoms with Gasteiger partial charge in [0.25, 0.3) is 0 Å². The Hall–Kier alpha value is -2.13. The Balaban J connectivity index is 2.61. The number of carbonyl (C=O) groups excluding carboxylic acids is 1. The molecule has 0 bridgehead atoms. The predicted molar refractivity (Wildman–Crippen MR) is 79.4 cm³/mol. The molecule has 0 heterocycles. The standard InChI is InChI=1S/C17H19NO2/c1-2-20-16(19)17(13-18,14-9-5-3-6-10-14)15-11-7-4-8-12-15/h3-12H,2,13,18H2,1H3. The zero-order valence-corrected chi connectivity index (χ0v) is 11.6. The Kier molecular flexibility index (Phi) is 4.53. The van der Waals surface area contributed by atoms with Gasteiger partial charge in [-0.1, -0.05) is 60.7 Å². The molecule has 2 aromatic carbocycles. The van der Waals surface area contributed by atoms with E-state index in [1.54, 1.807) is 6.92 Å². The first-order valence-electron chi connectivity index (χ1n) is 6.74. The van der Waals surface area contributed by atoms with Crippen LogP contribution in [0.15, 0.2) is 60.7 Å². The van der Waals surface area contributed by atoms with Crippen LogP contribution < -0.4 is 5.73 Å². The molecule has 0 amide bonds. The van der Waals surface area contributed by atoms with Crippen molar-refractivity contribution in [3.63, 3.8) is 0 Å². The van der Waals surface area contributed by atoms with Gasteiger partial charge in [-0.15, -0.1) is 0 Å². The van der Waals surface area contributed by atoms with E-state index in [0.717, 1.165) is 11.1 Å². The van der Waals surface area contributed by atoms with Crippen LogP contribution in [-0.4, -0.2) is 19.1 Å². The lowest BCUT2D eigenvalue weighted by Crippen LogP contribution is -2.45. The summed E-state index contributed by atoms with van der Waals surface area (Å²) in [5, 5.41) is 0. The Bertz CT molecular complexity index is 512. The second-order valence-electron chi connectivity index (χ2n) is 4.56. The topological polar surface area (TPSA) is 52.3 Å². The Morgan fingerprint density at radius 3 is 1.80 bits per heavy atom. The highest BCUT2D eigenvalue weighted by molar-refractivity contribution is 5.88. The molecular formula is C17H19NO2. The van der Waals surface area contributed by atoms with Crippen molar-refractivity contribution < 1.29 is 9.53 Å². The fourth-order valence-electron chi connectivity index (χ4n) is 2.42. The molecule has 3 heteroatoms. The van der Waals surface area contributed by atoms with Crippen molar-refractivity contribution in [1.82, 2.24) is 0 Å². The number of ether oxygens (including phenoxy) is 1. The highest BCUT2D eigenvalue weighted by atomic mass is 16.5. The molecule has 0 aliphatic carbocycles. The van der Waals surface area contributed by atoms with Gasteiger partial charge >= 0.3 is 5.97 Å². The molecule has 0 saturated carbocycles. The molecule has 104 valence electrons. The van der Waals surface area contributed by atoms with Gasteiger partial charge in [-0.05, 0) is 18.1 Å². The largest absolute Gasteiger partial charge is 0.465 e. The second kappa shape index (κ2) is 6.35. The summed E-state index contributed by atoms with van der Waals surface area (Å²) in [6, 6.07) is 19.1. The summed E-state index contributed by atoms with van der Waals surface area (Å²) in [5.74, 6) is -0.306. The maximum Gasteiger partial charge on any atom is 0.322 e. The lowest BCUT2D eigenvalue weighted by molar-refractivity contribution is -0.148. The van der Waals surface area contributed by atoms with E-state index in [2.05, 4.69) is 0 Å². The van der Waals surface area contributed by atoms with Crippen molar-refractivity contribution in [2.45, 2.75) is 12.3 Å². The average molecular weight is 269 g/mol. The minimum absolute atomic E-state index is 0.167. The first-order valence-corrected chi connectivity index (χ1v) is 6.74. The quantitative estimate of drug-likeness (QED) is 0.848. The van der Waals surface area contributed by atoms with Crippen LogP contribution in [0.2, 0.25) is 0 Å². The molecule has 2 N–H and O–H groups in total. The fourth-order valence-corrected chi connectivity index (χ4v) is 2.42. The highest BCUT2D eigenvalue weighted by Crippen LogP contribution is 2.32. The van der Waals surface area contributed by atoms with Crippen LogP contribution in [0.5, 0.6) is 0 Å². The number of carbonyl (C=O) groups is 1. The van der Waals surface area contributed by atoms with Crippen LogP contribution in [0, 0.1) is 0 Å². The molecule has 0 fully saturated rings. The first-order chi connectivity index (χ1) is 9.75. The molecule has 0 saturated heterocycles. The molecular weight excluding hydrogens is 250 g/mol. The summed E-state index contributed by atoms with van der Waals surface area (Å²) < 4.78 is 5.29. The van der Waals surface area contributed by atoms with E-state index in [9.17, 15) is 4.79 Å². The molecule has 0 radical (unpaired) electrons. The van der Waals surface area contributed by atoms with E-state index in [1.165, 1.54) is 0 Å². The molecule has 0 aliphatic heterocycles. The summed E-state index contributed by atoms with van der Waals surface area (Å²) in [4.78, 5) is 12.6. The Morgan fingerprint density at radius 1 is 1.00 bits per heavy atom. The molecule has 0 spiro atoms. The summed E-state index contributed by atoms with van der Waals surface area (Å²) in [6.45, 7) is 2.30. The molecule has 0 unspecified atom stereocenters. The van der Waals surface area contributed by atoms with Crippen molar-refractivity contribution in [2.75, 3.05) is 13.2 Å². The zero-order valence-electron chi connectivity index (χ0n) is 11.6. The molecule has 3 nitrogen and oxygen atoms in total. The number of hydrogen-bond donors (Lipinski definition) is 1. The smallest absolute Gasteiger partial charge is 0.322 e. The summed E-state index contributed by atoms with van der Waals surface area (Å²) in [7, 11) is 0. The lowest BCUT2D eigenvalue weighted by Gasteiger charge is -2.31. The van der Waals surface area contributed by atoms with Gasteiger partial charge in [0.1, 0.15) is 5.41 Å². The third-order valence-electron chi connectivity index (χ3n) is 3.46. The first kappa shape index (κ1) is 14.3. The zero-order chi connectivity index (χ0) is 14.4. The van der Waals surface area contributed by atoms with E-state index < -0.39 is 5.41 Å². The molecule has 2 aromatic rings. The predicted octanol–water partition coefficient (Wildman–Crippen LogP) is 2.49. The summed E-state index contributed by atoms with van der Waals surface area (Å²) >= 11 is 0. The van der Waals surface area contributed by atoms with Crippen LogP contribution in [0.4, 0.5) is 0 Å². The summed E-state index contributed by atoms with van der Waals surface area (Å²) in [6.07, 6.45) is 0. The van der Waals surface area contributed by atoms with Crippen molar-refractivity contribution in [3.05, 3.63) is 71.8 Å². The number of esters is 1. The minimum Gasteiger partial charge on any atom is -0.465 e. The van der Waals surface area contributed by atoms with E-state index in [-0.39, 0.29) is 12.5 Å².